The third-order valence-corrected chi connectivity index (χ3v) is 6.03. The number of nitrogens with one attached hydrogen (secondary N) is 3. The number of hydrogen-bond donors (Lipinski definition) is 3. The molecule has 2 aromatic heterocycles. The molecule has 3 N–H and O–H groups in total. The van der Waals surface area contributed by atoms with Gasteiger partial charge in [-0.05, 0) is 38.3 Å². The predicted octanol–water partition coefficient (Wildman–Crippen LogP) is 2.96. The van der Waals surface area contributed by atoms with Gasteiger partial charge in [0.2, 0.25) is 11.7 Å². The lowest BCUT2D eigenvalue weighted by Gasteiger charge is -2.26. The Hall–Kier alpha value is -2.11. The predicted molar refractivity (Wildman–Crippen MR) is 134 cm³/mol. The number of hydrogen-bond acceptors (Lipinski definition) is 5. The topological polar surface area (TPSA) is 111 Å². The van der Waals surface area contributed by atoms with Crippen LogP contribution in [0.25, 0.3) is 11.6 Å². The van der Waals surface area contributed by atoms with Gasteiger partial charge < -0.3 is 20.0 Å². The smallest absolute Gasteiger partial charge is 0.225 e. The number of aromatic nitrogens is 3. The summed E-state index contributed by atoms with van der Waals surface area (Å²) in [5.41, 5.74) is 0. The summed E-state index contributed by atoms with van der Waals surface area (Å²) in [6.07, 6.45) is 8.99. The van der Waals surface area contributed by atoms with Gasteiger partial charge in [0.25, 0.3) is 0 Å². The fraction of sp³-hybridized carbons (Fsp3) is 0.636. The van der Waals surface area contributed by atoms with E-state index < -0.39 is 0 Å². The van der Waals surface area contributed by atoms with Crippen LogP contribution >= 0.6 is 24.0 Å². The van der Waals surface area contributed by atoms with E-state index in [2.05, 4.69) is 37.7 Å². The number of guanidine groups is 1. The van der Waals surface area contributed by atoms with Gasteiger partial charge in [0.15, 0.2) is 11.7 Å². The lowest BCUT2D eigenvalue weighted by atomic mass is 9.88. The number of rotatable bonds is 7. The Balaban J connectivity index is 0.00000289. The van der Waals surface area contributed by atoms with Gasteiger partial charge in [0.05, 0.1) is 6.26 Å². The van der Waals surface area contributed by atoms with E-state index in [9.17, 15) is 4.79 Å². The second-order valence-electron chi connectivity index (χ2n) is 8.34. The number of carbonyl (C=O) groups excluding carboxylic acids is 1. The first kappa shape index (κ1) is 24.5. The van der Waals surface area contributed by atoms with Crippen molar-refractivity contribution in [3.8, 4) is 11.6 Å². The molecule has 9 nitrogen and oxygen atoms in total. The minimum Gasteiger partial charge on any atom is -0.461 e. The zero-order valence-corrected chi connectivity index (χ0v) is 21.0. The number of carbonyl (C=O) groups is 1. The van der Waals surface area contributed by atoms with Crippen molar-refractivity contribution >= 4 is 35.8 Å². The number of aromatic amines is 1. The molecule has 0 bridgehead atoms. The molecule has 1 atom stereocenters. The lowest BCUT2D eigenvalue weighted by Crippen LogP contribution is -2.45. The maximum absolute atomic E-state index is 12.8. The van der Waals surface area contributed by atoms with Crippen LogP contribution in [0.1, 0.15) is 51.3 Å². The van der Waals surface area contributed by atoms with Crippen molar-refractivity contribution in [2.45, 2.75) is 57.9 Å². The molecule has 0 aromatic carbocycles. The summed E-state index contributed by atoms with van der Waals surface area (Å²) >= 11 is 0. The monoisotopic (exact) mass is 555 g/mol. The van der Waals surface area contributed by atoms with Crippen molar-refractivity contribution in [2.24, 2.45) is 10.9 Å². The molecule has 0 spiro atoms. The summed E-state index contributed by atoms with van der Waals surface area (Å²) < 4.78 is 5.33. The van der Waals surface area contributed by atoms with Crippen LogP contribution in [0.4, 0.5) is 0 Å². The van der Waals surface area contributed by atoms with Crippen LogP contribution in [0.3, 0.4) is 0 Å². The van der Waals surface area contributed by atoms with E-state index in [0.29, 0.717) is 30.5 Å². The highest BCUT2D eigenvalue weighted by Crippen LogP contribution is 2.26. The molecule has 2 aliphatic rings. The van der Waals surface area contributed by atoms with Crippen molar-refractivity contribution < 1.29 is 9.21 Å². The Morgan fingerprint density at radius 1 is 1.31 bits per heavy atom. The van der Waals surface area contributed by atoms with E-state index in [0.717, 1.165) is 50.7 Å². The molecular formula is C22H34IN7O2. The summed E-state index contributed by atoms with van der Waals surface area (Å²) in [5.74, 6) is 3.35. The van der Waals surface area contributed by atoms with E-state index in [1.165, 1.54) is 19.3 Å². The van der Waals surface area contributed by atoms with E-state index in [1.807, 2.05) is 17.0 Å². The quantitative estimate of drug-likeness (QED) is 0.275. The second-order valence-corrected chi connectivity index (χ2v) is 8.34. The van der Waals surface area contributed by atoms with Crippen LogP contribution in [0.15, 0.2) is 27.8 Å². The highest BCUT2D eigenvalue weighted by atomic mass is 127. The maximum Gasteiger partial charge on any atom is 0.225 e. The van der Waals surface area contributed by atoms with E-state index >= 15 is 0 Å². The van der Waals surface area contributed by atoms with Gasteiger partial charge in [-0.2, -0.15) is 5.10 Å². The lowest BCUT2D eigenvalue weighted by molar-refractivity contribution is -0.135. The number of aliphatic imine (C=N–C) groups is 1. The zero-order valence-electron chi connectivity index (χ0n) is 18.7. The third-order valence-electron chi connectivity index (χ3n) is 6.03. The molecule has 1 aliphatic heterocycles. The number of halogens is 1. The molecule has 1 aliphatic carbocycles. The van der Waals surface area contributed by atoms with Crippen LogP contribution in [0.2, 0.25) is 0 Å². The molecule has 4 rings (SSSR count). The van der Waals surface area contributed by atoms with Crippen LogP contribution < -0.4 is 10.6 Å². The Labute approximate surface area is 206 Å². The van der Waals surface area contributed by atoms with E-state index in [1.54, 1.807) is 6.26 Å². The van der Waals surface area contributed by atoms with E-state index in [4.69, 9.17) is 4.42 Å². The molecule has 0 radical (unpaired) electrons. The van der Waals surface area contributed by atoms with Crippen molar-refractivity contribution in [1.29, 1.82) is 0 Å². The van der Waals surface area contributed by atoms with Crippen LogP contribution in [0.5, 0.6) is 0 Å². The first-order valence-electron chi connectivity index (χ1n) is 11.5. The molecular weight excluding hydrogens is 521 g/mol. The zero-order chi connectivity index (χ0) is 21.5. The number of likely N-dealkylation sites (tertiary alicyclic amines) is 1. The second kappa shape index (κ2) is 12.2. The molecule has 1 saturated heterocycles. The highest BCUT2D eigenvalue weighted by Gasteiger charge is 2.31. The fourth-order valence-corrected chi connectivity index (χ4v) is 4.40. The summed E-state index contributed by atoms with van der Waals surface area (Å²) in [7, 11) is 0. The number of nitrogens with zero attached hydrogens (tertiary/aromatic N) is 4. The molecule has 10 heteroatoms. The maximum atomic E-state index is 12.8. The molecule has 1 amide bonds. The first-order chi connectivity index (χ1) is 15.2. The Morgan fingerprint density at radius 2 is 2.16 bits per heavy atom. The Kier molecular flexibility index (Phi) is 9.36. The Morgan fingerprint density at radius 3 is 2.91 bits per heavy atom. The van der Waals surface area contributed by atoms with Crippen LogP contribution in [-0.2, 0) is 11.2 Å². The number of H-pyrrole nitrogens is 1. The largest absolute Gasteiger partial charge is 0.461 e. The van der Waals surface area contributed by atoms with Gasteiger partial charge in [-0.3, -0.25) is 14.9 Å². The molecule has 176 valence electrons. The first-order valence-corrected chi connectivity index (χ1v) is 11.5. The molecule has 32 heavy (non-hydrogen) atoms. The average molecular weight is 555 g/mol. The normalized spacial score (nSPS) is 19.6. The van der Waals surface area contributed by atoms with Gasteiger partial charge in [-0.15, -0.1) is 24.0 Å². The summed E-state index contributed by atoms with van der Waals surface area (Å²) in [4.78, 5) is 24.0. The molecule has 3 heterocycles. The van der Waals surface area contributed by atoms with Crippen molar-refractivity contribution in [1.82, 2.24) is 30.7 Å². The van der Waals surface area contributed by atoms with Gasteiger partial charge >= 0.3 is 0 Å². The van der Waals surface area contributed by atoms with Crippen LogP contribution in [0, 0.1) is 5.92 Å². The standard InChI is InChI=1S/C22H33N7O2.HI/c1-2-23-22(24-12-10-19-26-20(28-27-19)18-9-6-14-31-18)25-17-11-13-29(15-17)21(30)16-7-4-3-5-8-16;/h6,9,14,16-17H,2-5,7-8,10-13,15H2,1H3,(H2,23,24,25)(H,26,27,28);1H. The van der Waals surface area contributed by atoms with Crippen molar-refractivity contribution in [2.75, 3.05) is 26.2 Å². The minimum absolute atomic E-state index is 0. The fourth-order valence-electron chi connectivity index (χ4n) is 4.40. The summed E-state index contributed by atoms with van der Waals surface area (Å²) in [6, 6.07) is 3.89. The number of furan rings is 1. The van der Waals surface area contributed by atoms with E-state index in [-0.39, 0.29) is 35.9 Å². The number of amides is 1. The third kappa shape index (κ3) is 6.46. The van der Waals surface area contributed by atoms with Gasteiger partial charge in [-0.25, -0.2) is 4.98 Å². The molecule has 1 saturated carbocycles. The highest BCUT2D eigenvalue weighted by molar-refractivity contribution is 14.0. The Bertz CT molecular complexity index is 862. The average Bonchev–Trinajstić information content (AvgIpc) is 3.56. The van der Waals surface area contributed by atoms with Crippen LogP contribution in [-0.4, -0.2) is 64.2 Å². The molecule has 2 fully saturated rings. The molecule has 1 unspecified atom stereocenters. The summed E-state index contributed by atoms with van der Waals surface area (Å²) in [6.45, 7) is 5.01. The van der Waals surface area contributed by atoms with Gasteiger partial charge in [0.1, 0.15) is 5.82 Å². The van der Waals surface area contributed by atoms with Gasteiger partial charge in [0, 0.05) is 44.6 Å². The van der Waals surface area contributed by atoms with Crippen molar-refractivity contribution in [3.63, 3.8) is 0 Å². The van der Waals surface area contributed by atoms with Crippen molar-refractivity contribution in [3.05, 3.63) is 24.2 Å². The summed E-state index contributed by atoms with van der Waals surface area (Å²) in [5, 5.41) is 13.9. The minimum atomic E-state index is 0. The molecule has 2 aromatic rings. The SMILES string of the molecule is CCNC(=NCCc1nc(-c2ccco2)n[nH]1)NC1CCN(C(=O)C2CCCCC2)C1.I. The van der Waals surface area contributed by atoms with Gasteiger partial charge in [-0.1, -0.05) is 19.3 Å².